The molecule has 0 aromatic heterocycles. The standard InChI is InChI=1S/C15H14ClNO2/c1-9-7-11(17)4-6-12(9)15(18)13-5-3-10(16)8-14(13)19-2/h3-8H,17H2,1-2H3. The molecule has 0 saturated carbocycles. The lowest BCUT2D eigenvalue weighted by Gasteiger charge is -2.10. The summed E-state index contributed by atoms with van der Waals surface area (Å²) in [5.41, 5.74) is 8.25. The highest BCUT2D eigenvalue weighted by atomic mass is 35.5. The van der Waals surface area contributed by atoms with Gasteiger partial charge in [-0.1, -0.05) is 11.6 Å². The Balaban J connectivity index is 2.50. The number of hydrogen-bond acceptors (Lipinski definition) is 3. The van der Waals surface area contributed by atoms with Crippen LogP contribution in [-0.2, 0) is 0 Å². The van der Waals surface area contributed by atoms with E-state index in [1.165, 1.54) is 7.11 Å². The molecule has 3 nitrogen and oxygen atoms in total. The van der Waals surface area contributed by atoms with E-state index < -0.39 is 0 Å². The van der Waals surface area contributed by atoms with Gasteiger partial charge < -0.3 is 10.5 Å². The van der Waals surface area contributed by atoms with E-state index in [1.807, 2.05) is 6.92 Å². The Labute approximate surface area is 117 Å². The van der Waals surface area contributed by atoms with Crippen LogP contribution in [0, 0.1) is 6.92 Å². The van der Waals surface area contributed by atoms with Crippen molar-refractivity contribution in [1.82, 2.24) is 0 Å². The van der Waals surface area contributed by atoms with Crippen molar-refractivity contribution in [2.45, 2.75) is 6.92 Å². The molecule has 0 saturated heterocycles. The van der Waals surface area contributed by atoms with E-state index in [0.29, 0.717) is 27.6 Å². The molecular formula is C15H14ClNO2. The Morgan fingerprint density at radius 1 is 1.16 bits per heavy atom. The maximum Gasteiger partial charge on any atom is 0.197 e. The number of rotatable bonds is 3. The fourth-order valence-electron chi connectivity index (χ4n) is 1.94. The molecule has 0 radical (unpaired) electrons. The average molecular weight is 276 g/mol. The van der Waals surface area contributed by atoms with Gasteiger partial charge in [0.25, 0.3) is 0 Å². The third-order valence-corrected chi connectivity index (χ3v) is 3.14. The molecule has 0 fully saturated rings. The first-order chi connectivity index (χ1) is 9.02. The topological polar surface area (TPSA) is 52.3 Å². The molecule has 98 valence electrons. The maximum absolute atomic E-state index is 12.5. The summed E-state index contributed by atoms with van der Waals surface area (Å²) in [5.74, 6) is 0.361. The summed E-state index contributed by atoms with van der Waals surface area (Å²) in [6.45, 7) is 1.85. The number of halogens is 1. The lowest BCUT2D eigenvalue weighted by Crippen LogP contribution is -2.06. The summed E-state index contributed by atoms with van der Waals surface area (Å²) >= 11 is 5.89. The van der Waals surface area contributed by atoms with Gasteiger partial charge in [0.2, 0.25) is 0 Å². The zero-order valence-corrected chi connectivity index (χ0v) is 11.5. The largest absolute Gasteiger partial charge is 0.496 e. The van der Waals surface area contributed by atoms with Crippen molar-refractivity contribution in [3.63, 3.8) is 0 Å². The number of carbonyl (C=O) groups excluding carboxylic acids is 1. The molecule has 2 aromatic rings. The Bertz CT molecular complexity index is 638. The van der Waals surface area contributed by atoms with Gasteiger partial charge in [-0.2, -0.15) is 0 Å². The van der Waals surface area contributed by atoms with Crippen LogP contribution in [0.25, 0.3) is 0 Å². The summed E-state index contributed by atoms with van der Waals surface area (Å²) < 4.78 is 5.20. The van der Waals surface area contributed by atoms with Gasteiger partial charge in [0, 0.05) is 16.3 Å². The highest BCUT2D eigenvalue weighted by Crippen LogP contribution is 2.26. The van der Waals surface area contributed by atoms with E-state index in [0.717, 1.165) is 5.56 Å². The fourth-order valence-corrected chi connectivity index (χ4v) is 2.10. The first kappa shape index (κ1) is 13.4. The maximum atomic E-state index is 12.5. The molecule has 2 rings (SSSR count). The minimum atomic E-state index is -0.106. The van der Waals surface area contributed by atoms with Crippen LogP contribution < -0.4 is 10.5 Å². The van der Waals surface area contributed by atoms with Crippen molar-refractivity contribution in [2.75, 3.05) is 12.8 Å². The lowest BCUT2D eigenvalue weighted by molar-refractivity contribution is 0.103. The van der Waals surface area contributed by atoms with Crippen LogP contribution in [0.3, 0.4) is 0 Å². The van der Waals surface area contributed by atoms with Gasteiger partial charge in [0.15, 0.2) is 5.78 Å². The van der Waals surface area contributed by atoms with Gasteiger partial charge in [-0.25, -0.2) is 0 Å². The number of nitrogen functional groups attached to an aromatic ring is 1. The van der Waals surface area contributed by atoms with Crippen molar-refractivity contribution >= 4 is 23.1 Å². The second kappa shape index (κ2) is 5.33. The molecule has 0 amide bonds. The van der Waals surface area contributed by atoms with Crippen LogP contribution in [0.1, 0.15) is 21.5 Å². The summed E-state index contributed by atoms with van der Waals surface area (Å²) in [4.78, 5) is 12.5. The summed E-state index contributed by atoms with van der Waals surface area (Å²) in [6, 6.07) is 10.2. The number of anilines is 1. The number of benzene rings is 2. The molecule has 0 heterocycles. The van der Waals surface area contributed by atoms with E-state index in [-0.39, 0.29) is 5.78 Å². The highest BCUT2D eigenvalue weighted by molar-refractivity contribution is 6.31. The Morgan fingerprint density at radius 2 is 1.84 bits per heavy atom. The number of methoxy groups -OCH3 is 1. The van der Waals surface area contributed by atoms with E-state index in [4.69, 9.17) is 22.1 Å². The second-order valence-electron chi connectivity index (χ2n) is 4.25. The Morgan fingerprint density at radius 3 is 2.47 bits per heavy atom. The van der Waals surface area contributed by atoms with Gasteiger partial charge in [-0.05, 0) is 48.9 Å². The minimum absolute atomic E-state index is 0.106. The molecule has 2 N–H and O–H groups in total. The average Bonchev–Trinajstić information content (AvgIpc) is 2.37. The SMILES string of the molecule is COc1cc(Cl)ccc1C(=O)c1ccc(N)cc1C. The Hall–Kier alpha value is -2.00. The van der Waals surface area contributed by atoms with Gasteiger partial charge in [-0.3, -0.25) is 4.79 Å². The molecule has 4 heteroatoms. The number of hydrogen-bond donors (Lipinski definition) is 1. The van der Waals surface area contributed by atoms with Crippen LogP contribution in [0.4, 0.5) is 5.69 Å². The van der Waals surface area contributed by atoms with E-state index in [9.17, 15) is 4.79 Å². The number of carbonyl (C=O) groups is 1. The molecule has 0 aliphatic rings. The van der Waals surface area contributed by atoms with Crippen LogP contribution >= 0.6 is 11.6 Å². The molecule has 19 heavy (non-hydrogen) atoms. The predicted octanol–water partition coefficient (Wildman–Crippen LogP) is 3.47. The normalized spacial score (nSPS) is 10.3. The summed E-state index contributed by atoms with van der Waals surface area (Å²) in [6.07, 6.45) is 0. The predicted molar refractivity (Wildman–Crippen MR) is 77.0 cm³/mol. The van der Waals surface area contributed by atoms with Gasteiger partial charge in [-0.15, -0.1) is 0 Å². The smallest absolute Gasteiger partial charge is 0.197 e. The molecular weight excluding hydrogens is 262 g/mol. The molecule has 2 aromatic carbocycles. The minimum Gasteiger partial charge on any atom is -0.496 e. The lowest BCUT2D eigenvalue weighted by atomic mass is 9.98. The van der Waals surface area contributed by atoms with Gasteiger partial charge >= 0.3 is 0 Å². The summed E-state index contributed by atoms with van der Waals surface area (Å²) in [5, 5.41) is 0.530. The highest BCUT2D eigenvalue weighted by Gasteiger charge is 2.16. The second-order valence-corrected chi connectivity index (χ2v) is 4.68. The molecule has 0 bridgehead atoms. The number of ether oxygens (including phenoxy) is 1. The molecule has 0 atom stereocenters. The number of aryl methyl sites for hydroxylation is 1. The zero-order valence-electron chi connectivity index (χ0n) is 10.7. The first-order valence-corrected chi connectivity index (χ1v) is 6.15. The number of nitrogens with two attached hydrogens (primary N) is 1. The van der Waals surface area contributed by atoms with Crippen LogP contribution in [0.2, 0.25) is 5.02 Å². The van der Waals surface area contributed by atoms with Crippen LogP contribution in [0.15, 0.2) is 36.4 Å². The van der Waals surface area contributed by atoms with Crippen molar-refractivity contribution in [1.29, 1.82) is 0 Å². The van der Waals surface area contributed by atoms with Crippen LogP contribution in [0.5, 0.6) is 5.75 Å². The molecule has 0 unspecified atom stereocenters. The molecule has 0 spiro atoms. The monoisotopic (exact) mass is 275 g/mol. The molecule has 0 aliphatic carbocycles. The Kier molecular flexibility index (Phi) is 3.76. The molecule has 0 aliphatic heterocycles. The first-order valence-electron chi connectivity index (χ1n) is 5.77. The van der Waals surface area contributed by atoms with E-state index in [1.54, 1.807) is 36.4 Å². The van der Waals surface area contributed by atoms with E-state index in [2.05, 4.69) is 0 Å². The van der Waals surface area contributed by atoms with Gasteiger partial charge in [0.05, 0.1) is 12.7 Å². The van der Waals surface area contributed by atoms with Crippen molar-refractivity contribution in [3.8, 4) is 5.75 Å². The third-order valence-electron chi connectivity index (χ3n) is 2.90. The van der Waals surface area contributed by atoms with Crippen LogP contribution in [-0.4, -0.2) is 12.9 Å². The van der Waals surface area contributed by atoms with Crippen molar-refractivity contribution < 1.29 is 9.53 Å². The fraction of sp³-hybridized carbons (Fsp3) is 0.133. The van der Waals surface area contributed by atoms with Crippen molar-refractivity contribution in [3.05, 3.63) is 58.1 Å². The van der Waals surface area contributed by atoms with Gasteiger partial charge in [0.1, 0.15) is 5.75 Å². The van der Waals surface area contributed by atoms with E-state index >= 15 is 0 Å². The third kappa shape index (κ3) is 2.71. The zero-order chi connectivity index (χ0) is 14.0. The summed E-state index contributed by atoms with van der Waals surface area (Å²) in [7, 11) is 1.51. The number of ketones is 1. The van der Waals surface area contributed by atoms with Crippen molar-refractivity contribution in [2.24, 2.45) is 0 Å². The quantitative estimate of drug-likeness (QED) is 0.689.